The molecule has 0 saturated heterocycles. The first kappa shape index (κ1) is 10.9. The number of amides is 1. The lowest BCUT2D eigenvalue weighted by atomic mass is 10.0. The maximum absolute atomic E-state index is 10.9. The number of benzene rings is 1. The van der Waals surface area contributed by atoms with Crippen LogP contribution < -0.4 is 5.32 Å². The highest BCUT2D eigenvalue weighted by molar-refractivity contribution is 5.75. The van der Waals surface area contributed by atoms with E-state index in [4.69, 9.17) is 0 Å². The number of fused-ring (bicyclic) bond motifs is 1. The Bertz CT molecular complexity index is 434. The van der Waals surface area contributed by atoms with Gasteiger partial charge in [-0.25, -0.2) is 0 Å². The summed E-state index contributed by atoms with van der Waals surface area (Å²) in [6, 6.07) is 8.68. The zero-order valence-electron chi connectivity index (χ0n) is 9.79. The van der Waals surface area contributed by atoms with Crippen molar-refractivity contribution in [3.63, 3.8) is 0 Å². The van der Waals surface area contributed by atoms with Gasteiger partial charge in [-0.15, -0.1) is 0 Å². The Labute approximate surface area is 96.4 Å². The van der Waals surface area contributed by atoms with E-state index in [2.05, 4.69) is 35.7 Å². The van der Waals surface area contributed by atoms with Crippen LogP contribution in [-0.4, -0.2) is 11.9 Å². The normalized spacial score (nSPS) is 15.2. The molecule has 84 valence electrons. The quantitative estimate of drug-likeness (QED) is 0.824. The molecule has 1 aromatic rings. The van der Waals surface area contributed by atoms with E-state index in [1.54, 1.807) is 6.92 Å². The third kappa shape index (κ3) is 2.32. The number of nitrogens with one attached hydrogen (secondary N) is 1. The smallest absolute Gasteiger partial charge is 0.217 e. The maximum Gasteiger partial charge on any atom is 0.217 e. The van der Waals surface area contributed by atoms with Gasteiger partial charge in [0.25, 0.3) is 0 Å². The molecule has 1 aliphatic carbocycles. The van der Waals surface area contributed by atoms with Crippen LogP contribution >= 0.6 is 0 Å². The Morgan fingerprint density at radius 2 is 2.19 bits per heavy atom. The summed E-state index contributed by atoms with van der Waals surface area (Å²) in [5, 5.41) is 2.92. The average Bonchev–Trinajstić information content (AvgIpc) is 2.61. The molecule has 0 unspecified atom stereocenters. The minimum atomic E-state index is 0.0411. The van der Waals surface area contributed by atoms with E-state index in [0.717, 1.165) is 12.8 Å². The third-order valence-electron chi connectivity index (χ3n) is 2.91. The molecule has 0 spiro atoms. The summed E-state index contributed by atoms with van der Waals surface area (Å²) in [6.45, 7) is 3.61. The summed E-state index contributed by atoms with van der Waals surface area (Å²) in [4.78, 5) is 10.9. The highest BCUT2D eigenvalue weighted by Gasteiger charge is 2.15. The molecular formula is C14H17NO. The van der Waals surface area contributed by atoms with Gasteiger partial charge in [0.05, 0.1) is 0 Å². The predicted octanol–water partition coefficient (Wildman–Crippen LogP) is 2.54. The van der Waals surface area contributed by atoms with Crippen LogP contribution in [0.5, 0.6) is 0 Å². The van der Waals surface area contributed by atoms with Crippen molar-refractivity contribution in [2.24, 2.45) is 0 Å². The molecule has 0 fully saturated rings. The Morgan fingerprint density at radius 3 is 2.94 bits per heavy atom. The van der Waals surface area contributed by atoms with Crippen LogP contribution in [0.1, 0.15) is 31.4 Å². The van der Waals surface area contributed by atoms with Crippen LogP contribution in [-0.2, 0) is 11.2 Å². The van der Waals surface area contributed by atoms with Gasteiger partial charge in [-0.3, -0.25) is 4.79 Å². The number of hydrogen-bond donors (Lipinski definition) is 1. The van der Waals surface area contributed by atoms with Crippen molar-refractivity contribution in [1.29, 1.82) is 0 Å². The highest BCUT2D eigenvalue weighted by Crippen LogP contribution is 2.30. The fourth-order valence-corrected chi connectivity index (χ4v) is 2.28. The van der Waals surface area contributed by atoms with E-state index in [-0.39, 0.29) is 11.9 Å². The molecule has 0 aromatic heterocycles. The van der Waals surface area contributed by atoms with E-state index in [0.29, 0.717) is 0 Å². The molecule has 1 aliphatic rings. The van der Waals surface area contributed by atoms with E-state index in [1.807, 2.05) is 6.92 Å². The van der Waals surface area contributed by atoms with Crippen LogP contribution in [0.2, 0.25) is 0 Å². The van der Waals surface area contributed by atoms with Crippen molar-refractivity contribution in [2.75, 3.05) is 0 Å². The van der Waals surface area contributed by atoms with Crippen LogP contribution in [0.25, 0.3) is 5.57 Å². The van der Waals surface area contributed by atoms with Gasteiger partial charge in [0, 0.05) is 13.0 Å². The molecular weight excluding hydrogens is 198 g/mol. The van der Waals surface area contributed by atoms with Gasteiger partial charge in [-0.1, -0.05) is 30.3 Å². The Hall–Kier alpha value is -1.57. The van der Waals surface area contributed by atoms with Gasteiger partial charge in [0.15, 0.2) is 0 Å². The summed E-state index contributed by atoms with van der Waals surface area (Å²) in [6.07, 6.45) is 4.21. The molecule has 2 rings (SSSR count). The van der Waals surface area contributed by atoms with Crippen LogP contribution in [0, 0.1) is 0 Å². The maximum atomic E-state index is 10.9. The first-order valence-corrected chi connectivity index (χ1v) is 5.71. The van der Waals surface area contributed by atoms with Crippen molar-refractivity contribution in [3.05, 3.63) is 41.5 Å². The monoisotopic (exact) mass is 215 g/mol. The first-order valence-electron chi connectivity index (χ1n) is 5.71. The fourth-order valence-electron chi connectivity index (χ4n) is 2.28. The number of allylic oxidation sites excluding steroid dienone is 1. The molecule has 2 nitrogen and oxygen atoms in total. The molecule has 1 atom stereocenters. The standard InChI is InChI=1S/C14H17NO/c1-10(15-11(2)16)9-13-8-7-12-5-3-4-6-14(12)13/h3-6,8,10H,7,9H2,1-2H3,(H,15,16)/t10-/m0/s1. The van der Waals surface area contributed by atoms with Crippen molar-refractivity contribution < 1.29 is 4.79 Å². The summed E-state index contributed by atoms with van der Waals surface area (Å²) < 4.78 is 0. The molecule has 0 aliphatic heterocycles. The molecule has 1 aromatic carbocycles. The number of rotatable bonds is 3. The Morgan fingerprint density at radius 1 is 1.44 bits per heavy atom. The minimum Gasteiger partial charge on any atom is -0.354 e. The topological polar surface area (TPSA) is 29.1 Å². The van der Waals surface area contributed by atoms with Gasteiger partial charge in [0.1, 0.15) is 0 Å². The van der Waals surface area contributed by atoms with Gasteiger partial charge in [0.2, 0.25) is 5.91 Å². The summed E-state index contributed by atoms with van der Waals surface area (Å²) in [5.74, 6) is 0.0411. The number of hydrogen-bond acceptors (Lipinski definition) is 1. The fraction of sp³-hybridized carbons (Fsp3) is 0.357. The molecule has 0 bridgehead atoms. The van der Waals surface area contributed by atoms with Gasteiger partial charge in [-0.2, -0.15) is 0 Å². The first-order chi connectivity index (χ1) is 7.66. The molecule has 0 saturated carbocycles. The predicted molar refractivity (Wildman–Crippen MR) is 66.0 cm³/mol. The van der Waals surface area contributed by atoms with Crippen molar-refractivity contribution in [2.45, 2.75) is 32.7 Å². The van der Waals surface area contributed by atoms with Crippen LogP contribution in [0.15, 0.2) is 30.3 Å². The van der Waals surface area contributed by atoms with Gasteiger partial charge in [-0.05, 0) is 36.5 Å². The van der Waals surface area contributed by atoms with E-state index in [9.17, 15) is 4.79 Å². The van der Waals surface area contributed by atoms with Crippen LogP contribution in [0.4, 0.5) is 0 Å². The van der Waals surface area contributed by atoms with Gasteiger partial charge >= 0.3 is 0 Å². The molecule has 0 heterocycles. The van der Waals surface area contributed by atoms with Gasteiger partial charge < -0.3 is 5.32 Å². The SMILES string of the molecule is CC(=O)N[C@@H](C)CC1=CCc2ccccc21. The number of carbonyl (C=O) groups excluding carboxylic acids is 1. The van der Waals surface area contributed by atoms with Crippen molar-refractivity contribution in [3.8, 4) is 0 Å². The lowest BCUT2D eigenvalue weighted by Crippen LogP contribution is -2.30. The van der Waals surface area contributed by atoms with E-state index < -0.39 is 0 Å². The highest BCUT2D eigenvalue weighted by atomic mass is 16.1. The lowest BCUT2D eigenvalue weighted by molar-refractivity contribution is -0.119. The van der Waals surface area contributed by atoms with Crippen molar-refractivity contribution in [1.82, 2.24) is 5.32 Å². The molecule has 2 heteroatoms. The Kier molecular flexibility index (Phi) is 3.09. The molecule has 16 heavy (non-hydrogen) atoms. The summed E-state index contributed by atoms with van der Waals surface area (Å²) in [5.41, 5.74) is 4.10. The third-order valence-corrected chi connectivity index (χ3v) is 2.91. The van der Waals surface area contributed by atoms with E-state index in [1.165, 1.54) is 16.7 Å². The second-order valence-corrected chi connectivity index (χ2v) is 4.40. The average molecular weight is 215 g/mol. The summed E-state index contributed by atoms with van der Waals surface area (Å²) in [7, 11) is 0. The number of carbonyl (C=O) groups is 1. The van der Waals surface area contributed by atoms with Crippen molar-refractivity contribution >= 4 is 11.5 Å². The zero-order chi connectivity index (χ0) is 11.5. The zero-order valence-corrected chi connectivity index (χ0v) is 9.79. The second kappa shape index (κ2) is 4.52. The van der Waals surface area contributed by atoms with Crippen LogP contribution in [0.3, 0.4) is 0 Å². The minimum absolute atomic E-state index is 0.0411. The summed E-state index contributed by atoms with van der Waals surface area (Å²) >= 11 is 0. The van der Waals surface area contributed by atoms with E-state index >= 15 is 0 Å². The lowest BCUT2D eigenvalue weighted by Gasteiger charge is -2.14. The second-order valence-electron chi connectivity index (χ2n) is 4.40. The molecule has 0 radical (unpaired) electrons. The molecule has 1 amide bonds. The molecule has 1 N–H and O–H groups in total. The largest absolute Gasteiger partial charge is 0.354 e. The Balaban J connectivity index is 2.05.